The van der Waals surface area contributed by atoms with Crippen LogP contribution in [0.1, 0.15) is 0 Å². The van der Waals surface area contributed by atoms with Gasteiger partial charge in [0.15, 0.2) is 6.61 Å². The number of hydrogen-bond acceptors (Lipinski definition) is 5. The van der Waals surface area contributed by atoms with Crippen molar-refractivity contribution in [3.8, 4) is 11.8 Å². The number of nitriles is 1. The Labute approximate surface area is 113 Å². The Bertz CT molecular complexity index is 627. The highest BCUT2D eigenvalue weighted by molar-refractivity contribution is 8.13. The second-order valence-corrected chi connectivity index (χ2v) is 5.79. The molecule has 0 unspecified atom stereocenters. The predicted molar refractivity (Wildman–Crippen MR) is 63.6 cm³/mol. The zero-order valence-electron chi connectivity index (χ0n) is 9.39. The Morgan fingerprint density at radius 2 is 2.21 bits per heavy atom. The molecule has 6 nitrogen and oxygen atoms in total. The highest BCUT2D eigenvalue weighted by atomic mass is 35.7. The lowest BCUT2D eigenvalue weighted by Crippen LogP contribution is -2.29. The van der Waals surface area contributed by atoms with Crippen LogP contribution in [0.5, 0.6) is 5.75 Å². The molecule has 0 radical (unpaired) electrons. The third kappa shape index (κ3) is 4.73. The summed E-state index contributed by atoms with van der Waals surface area (Å²) in [4.78, 5) is 10.6. The Morgan fingerprint density at radius 1 is 1.53 bits per heavy atom. The molecule has 0 aromatic heterocycles. The summed E-state index contributed by atoms with van der Waals surface area (Å²) in [6, 6.07) is 4.38. The summed E-state index contributed by atoms with van der Waals surface area (Å²) in [6.45, 7) is -0.723. The van der Waals surface area contributed by atoms with Crippen molar-refractivity contribution in [2.75, 3.05) is 13.2 Å². The molecule has 0 heterocycles. The summed E-state index contributed by atoms with van der Waals surface area (Å²) < 4.78 is 40.3. The van der Waals surface area contributed by atoms with Crippen LogP contribution < -0.4 is 10.1 Å². The maximum Gasteiger partial charge on any atom is 0.265 e. The van der Waals surface area contributed by atoms with Crippen molar-refractivity contribution in [2.45, 2.75) is 4.90 Å². The van der Waals surface area contributed by atoms with Crippen LogP contribution in [0.15, 0.2) is 23.1 Å². The van der Waals surface area contributed by atoms with E-state index in [1.807, 2.05) is 0 Å². The standard InChI is InChI=1S/C10H8ClFN2O4S/c11-19(16,17)9-5-7(12)1-2-8(9)18-6-10(15)14-4-3-13/h1-2,5H,4,6H2,(H,14,15). The first-order valence-corrected chi connectivity index (χ1v) is 7.16. The van der Waals surface area contributed by atoms with Gasteiger partial charge in [-0.2, -0.15) is 5.26 Å². The van der Waals surface area contributed by atoms with Gasteiger partial charge in [0.2, 0.25) is 0 Å². The summed E-state index contributed by atoms with van der Waals surface area (Å²) in [5.74, 6) is -1.67. The molecule has 1 aromatic rings. The van der Waals surface area contributed by atoms with E-state index >= 15 is 0 Å². The second kappa shape index (κ2) is 6.36. The van der Waals surface area contributed by atoms with Crippen LogP contribution in [0.25, 0.3) is 0 Å². The number of rotatable bonds is 5. The maximum atomic E-state index is 12.9. The largest absolute Gasteiger partial charge is 0.482 e. The van der Waals surface area contributed by atoms with Crippen molar-refractivity contribution < 1.29 is 22.3 Å². The fourth-order valence-electron chi connectivity index (χ4n) is 1.12. The van der Waals surface area contributed by atoms with Crippen LogP contribution in [0, 0.1) is 17.1 Å². The van der Waals surface area contributed by atoms with Gasteiger partial charge in [0.05, 0.1) is 6.07 Å². The Hall–Kier alpha value is -1.85. The molecule has 0 saturated heterocycles. The van der Waals surface area contributed by atoms with Gasteiger partial charge in [-0.15, -0.1) is 0 Å². The van der Waals surface area contributed by atoms with Gasteiger partial charge in [0, 0.05) is 10.7 Å². The molecule has 1 amide bonds. The van der Waals surface area contributed by atoms with E-state index in [0.29, 0.717) is 6.07 Å². The van der Waals surface area contributed by atoms with Crippen molar-refractivity contribution in [2.24, 2.45) is 0 Å². The number of nitrogens with one attached hydrogen (secondary N) is 1. The number of ether oxygens (including phenoxy) is 1. The van der Waals surface area contributed by atoms with E-state index in [1.165, 1.54) is 0 Å². The van der Waals surface area contributed by atoms with Crippen molar-refractivity contribution in [1.82, 2.24) is 5.32 Å². The molecule has 0 aliphatic heterocycles. The molecule has 0 aliphatic rings. The molecule has 1 rings (SSSR count). The number of hydrogen-bond donors (Lipinski definition) is 1. The van der Waals surface area contributed by atoms with Crippen LogP contribution in [-0.2, 0) is 13.8 Å². The number of carbonyl (C=O) groups excluding carboxylic acids is 1. The SMILES string of the molecule is N#CCNC(=O)COc1ccc(F)cc1S(=O)(=O)Cl. The number of benzene rings is 1. The number of halogens is 2. The first kappa shape index (κ1) is 15.2. The van der Waals surface area contributed by atoms with E-state index in [1.54, 1.807) is 6.07 Å². The minimum Gasteiger partial charge on any atom is -0.482 e. The number of carbonyl (C=O) groups is 1. The van der Waals surface area contributed by atoms with Gasteiger partial charge in [-0.3, -0.25) is 4.79 Å². The third-order valence-corrected chi connectivity index (χ3v) is 3.23. The van der Waals surface area contributed by atoms with Crippen molar-refractivity contribution in [3.63, 3.8) is 0 Å². The zero-order chi connectivity index (χ0) is 14.5. The normalized spacial score (nSPS) is 10.6. The van der Waals surface area contributed by atoms with Crippen LogP contribution in [0.4, 0.5) is 4.39 Å². The van der Waals surface area contributed by atoms with Crippen molar-refractivity contribution >= 4 is 25.6 Å². The lowest BCUT2D eigenvalue weighted by atomic mass is 10.3. The molecular weight excluding hydrogens is 299 g/mol. The van der Waals surface area contributed by atoms with E-state index in [0.717, 1.165) is 12.1 Å². The van der Waals surface area contributed by atoms with Crippen LogP contribution in [0.2, 0.25) is 0 Å². The quantitative estimate of drug-likeness (QED) is 0.640. The summed E-state index contributed by atoms with van der Waals surface area (Å²) in [7, 11) is 0.919. The van der Waals surface area contributed by atoms with Gasteiger partial charge in [0.1, 0.15) is 23.0 Å². The lowest BCUT2D eigenvalue weighted by molar-refractivity contribution is -0.122. The molecule has 0 aliphatic carbocycles. The molecular formula is C10H8ClFN2O4S. The highest BCUT2D eigenvalue weighted by Crippen LogP contribution is 2.27. The fourth-order valence-corrected chi connectivity index (χ4v) is 2.11. The average Bonchev–Trinajstić information content (AvgIpc) is 2.33. The first-order chi connectivity index (χ1) is 8.84. The molecule has 0 spiro atoms. The third-order valence-electron chi connectivity index (χ3n) is 1.89. The van der Waals surface area contributed by atoms with Gasteiger partial charge >= 0.3 is 0 Å². The minimum atomic E-state index is -4.20. The molecule has 1 N–H and O–H groups in total. The summed E-state index contributed by atoms with van der Waals surface area (Å²) in [6.07, 6.45) is 0. The van der Waals surface area contributed by atoms with E-state index in [4.69, 9.17) is 20.7 Å². The van der Waals surface area contributed by atoms with Crippen LogP contribution in [-0.4, -0.2) is 27.5 Å². The number of amides is 1. The van der Waals surface area contributed by atoms with Gasteiger partial charge in [-0.25, -0.2) is 12.8 Å². The number of nitrogens with zero attached hydrogens (tertiary/aromatic N) is 1. The molecule has 102 valence electrons. The second-order valence-electron chi connectivity index (χ2n) is 3.25. The minimum absolute atomic E-state index is 0.202. The van der Waals surface area contributed by atoms with E-state index in [-0.39, 0.29) is 12.3 Å². The molecule has 0 bridgehead atoms. The molecule has 0 saturated carbocycles. The summed E-state index contributed by atoms with van der Waals surface area (Å²) in [5.41, 5.74) is 0. The Kier molecular flexibility index (Phi) is 5.09. The smallest absolute Gasteiger partial charge is 0.265 e. The highest BCUT2D eigenvalue weighted by Gasteiger charge is 2.18. The van der Waals surface area contributed by atoms with Gasteiger partial charge in [-0.05, 0) is 18.2 Å². The van der Waals surface area contributed by atoms with Gasteiger partial charge in [-0.1, -0.05) is 0 Å². The van der Waals surface area contributed by atoms with E-state index in [2.05, 4.69) is 5.32 Å². The van der Waals surface area contributed by atoms with Gasteiger partial charge in [0.25, 0.3) is 15.0 Å². The van der Waals surface area contributed by atoms with Crippen molar-refractivity contribution in [1.29, 1.82) is 5.26 Å². The first-order valence-electron chi connectivity index (χ1n) is 4.85. The van der Waals surface area contributed by atoms with E-state index in [9.17, 15) is 17.6 Å². The van der Waals surface area contributed by atoms with Gasteiger partial charge < -0.3 is 10.1 Å². The predicted octanol–water partition coefficient (Wildman–Crippen LogP) is 0.772. The fraction of sp³-hybridized carbons (Fsp3) is 0.200. The average molecular weight is 307 g/mol. The zero-order valence-corrected chi connectivity index (χ0v) is 11.0. The molecule has 9 heteroatoms. The molecule has 0 atom stereocenters. The van der Waals surface area contributed by atoms with Crippen molar-refractivity contribution in [3.05, 3.63) is 24.0 Å². The lowest BCUT2D eigenvalue weighted by Gasteiger charge is -2.09. The maximum absolute atomic E-state index is 12.9. The topological polar surface area (TPSA) is 96.3 Å². The van der Waals surface area contributed by atoms with E-state index < -0.39 is 32.3 Å². The van der Waals surface area contributed by atoms with Crippen LogP contribution >= 0.6 is 10.7 Å². The molecule has 0 fully saturated rings. The Balaban J connectivity index is 2.85. The monoisotopic (exact) mass is 306 g/mol. The summed E-state index contributed by atoms with van der Waals surface area (Å²) in [5, 5.41) is 10.4. The Morgan fingerprint density at radius 3 is 2.79 bits per heavy atom. The molecule has 1 aromatic carbocycles. The summed E-state index contributed by atoms with van der Waals surface area (Å²) >= 11 is 0. The molecule has 19 heavy (non-hydrogen) atoms. The van der Waals surface area contributed by atoms with Crippen LogP contribution in [0.3, 0.4) is 0 Å².